The van der Waals surface area contributed by atoms with Gasteiger partial charge in [-0.25, -0.2) is 8.42 Å². The number of aromatic amines is 1. The highest BCUT2D eigenvalue weighted by Gasteiger charge is 2.26. The number of nitrogens with zero attached hydrogens (tertiary/aromatic N) is 1. The average Bonchev–Trinajstić information content (AvgIpc) is 3.32. The van der Waals surface area contributed by atoms with Crippen molar-refractivity contribution in [3.63, 3.8) is 0 Å². The van der Waals surface area contributed by atoms with Gasteiger partial charge in [0.1, 0.15) is 0 Å². The molecule has 0 fully saturated rings. The van der Waals surface area contributed by atoms with E-state index in [9.17, 15) is 13.2 Å². The molecular weight excluding hydrogens is 452 g/mol. The summed E-state index contributed by atoms with van der Waals surface area (Å²) in [6, 6.07) is 21.2. The van der Waals surface area contributed by atoms with Crippen molar-refractivity contribution >= 4 is 20.9 Å². The number of aryl methyl sites for hydroxylation is 1. The monoisotopic (exact) mass is 476 g/mol. The summed E-state index contributed by atoms with van der Waals surface area (Å²) in [4.78, 5) is 15.9. The maximum Gasteiger partial charge on any atom is 0.252 e. The Balaban J connectivity index is 1.55. The highest BCUT2D eigenvalue weighted by Crippen LogP contribution is 2.33. The van der Waals surface area contributed by atoms with E-state index in [1.807, 2.05) is 18.2 Å². The molecule has 0 saturated heterocycles. The number of nitrogens with one attached hydrogen (secondary N) is 1. The summed E-state index contributed by atoms with van der Waals surface area (Å²) in [6.45, 7) is 2.19. The molecule has 0 unspecified atom stereocenters. The van der Waals surface area contributed by atoms with Gasteiger partial charge in [-0.15, -0.1) is 0 Å². The fraction of sp³-hybridized carbons (Fsp3) is 0.192. The minimum atomic E-state index is -3.89. The van der Waals surface area contributed by atoms with Gasteiger partial charge in [0, 0.05) is 24.2 Å². The van der Waals surface area contributed by atoms with Gasteiger partial charge in [-0.05, 0) is 65.4 Å². The van der Waals surface area contributed by atoms with Crippen LogP contribution >= 0.6 is 0 Å². The summed E-state index contributed by atoms with van der Waals surface area (Å²) < 4.78 is 39.4. The zero-order valence-electron chi connectivity index (χ0n) is 18.7. The minimum Gasteiger partial charge on any atom is -0.454 e. The number of pyridine rings is 1. The summed E-state index contributed by atoms with van der Waals surface area (Å²) >= 11 is 0. The number of ether oxygens (including phenoxy) is 2. The molecule has 5 rings (SSSR count). The molecule has 1 N–H and O–H groups in total. The van der Waals surface area contributed by atoms with Crippen molar-refractivity contribution < 1.29 is 17.9 Å². The third-order valence-electron chi connectivity index (χ3n) is 5.92. The Morgan fingerprint density at radius 2 is 1.65 bits per heavy atom. The van der Waals surface area contributed by atoms with Crippen LogP contribution in [-0.2, 0) is 29.5 Å². The van der Waals surface area contributed by atoms with Gasteiger partial charge in [-0.2, -0.15) is 4.31 Å². The molecule has 7 nitrogen and oxygen atoms in total. The van der Waals surface area contributed by atoms with Crippen LogP contribution in [0.3, 0.4) is 0 Å². The number of benzene rings is 3. The highest BCUT2D eigenvalue weighted by molar-refractivity contribution is 7.89. The van der Waals surface area contributed by atoms with Crippen molar-refractivity contribution in [3.05, 3.63) is 99.8 Å². The topological polar surface area (TPSA) is 88.7 Å². The second-order valence-corrected chi connectivity index (χ2v) is 10.1. The normalized spacial score (nSPS) is 13.0. The van der Waals surface area contributed by atoms with Crippen LogP contribution in [0.15, 0.2) is 82.5 Å². The van der Waals surface area contributed by atoms with Gasteiger partial charge < -0.3 is 14.5 Å². The van der Waals surface area contributed by atoms with Crippen LogP contribution in [-0.4, -0.2) is 24.5 Å². The molecular formula is C26H24N2O5S. The summed E-state index contributed by atoms with van der Waals surface area (Å²) in [5.41, 5.74) is 2.66. The minimum absolute atomic E-state index is 0.0698. The Morgan fingerprint density at radius 3 is 2.44 bits per heavy atom. The van der Waals surface area contributed by atoms with E-state index in [4.69, 9.17) is 9.47 Å². The molecule has 3 aromatic carbocycles. The van der Waals surface area contributed by atoms with Gasteiger partial charge in [0.05, 0.1) is 4.90 Å². The first-order valence-corrected chi connectivity index (χ1v) is 12.5. The standard InChI is InChI=1S/C26H24N2O5S/c1-2-18-8-10-23-20(12-18)14-21(26(29)27-23)16-28(34(30,31)22-6-4-3-5-7-22)15-19-9-11-24-25(13-19)33-17-32-24/h3-14H,2,15-17H2,1H3,(H,27,29). The van der Waals surface area contributed by atoms with Crippen LogP contribution in [0, 0.1) is 0 Å². The van der Waals surface area contributed by atoms with Gasteiger partial charge in [-0.1, -0.05) is 37.3 Å². The van der Waals surface area contributed by atoms with Crippen molar-refractivity contribution in [3.8, 4) is 11.5 Å². The van der Waals surface area contributed by atoms with E-state index in [0.717, 1.165) is 28.5 Å². The maximum absolute atomic E-state index is 13.6. The van der Waals surface area contributed by atoms with Gasteiger partial charge in [-0.3, -0.25) is 4.79 Å². The van der Waals surface area contributed by atoms with E-state index in [-0.39, 0.29) is 30.3 Å². The van der Waals surface area contributed by atoms with E-state index >= 15 is 0 Å². The lowest BCUT2D eigenvalue weighted by molar-refractivity contribution is 0.174. The van der Waals surface area contributed by atoms with Gasteiger partial charge >= 0.3 is 0 Å². The molecule has 0 spiro atoms. The number of hydrogen-bond acceptors (Lipinski definition) is 5. The fourth-order valence-electron chi connectivity index (χ4n) is 4.04. The lowest BCUT2D eigenvalue weighted by atomic mass is 10.1. The Bertz CT molecular complexity index is 1510. The van der Waals surface area contributed by atoms with E-state index in [1.165, 1.54) is 4.31 Å². The Kier molecular flexibility index (Phi) is 5.85. The van der Waals surface area contributed by atoms with Crippen LogP contribution in [0.1, 0.15) is 23.6 Å². The quantitative estimate of drug-likeness (QED) is 0.432. The summed E-state index contributed by atoms with van der Waals surface area (Å²) in [6.07, 6.45) is 0.864. The smallest absolute Gasteiger partial charge is 0.252 e. The van der Waals surface area contributed by atoms with Crippen LogP contribution in [0.5, 0.6) is 11.5 Å². The van der Waals surface area contributed by atoms with Crippen molar-refractivity contribution in [2.24, 2.45) is 0 Å². The first kappa shape index (κ1) is 22.2. The summed E-state index contributed by atoms with van der Waals surface area (Å²) in [7, 11) is -3.89. The van der Waals surface area contributed by atoms with Crippen molar-refractivity contribution in [2.75, 3.05) is 6.79 Å². The molecule has 8 heteroatoms. The highest BCUT2D eigenvalue weighted by atomic mass is 32.2. The predicted octanol–water partition coefficient (Wildman–Crippen LogP) is 4.21. The average molecular weight is 477 g/mol. The number of aromatic nitrogens is 1. The number of hydrogen-bond donors (Lipinski definition) is 1. The largest absolute Gasteiger partial charge is 0.454 e. The molecule has 2 heterocycles. The molecule has 4 aromatic rings. The summed E-state index contributed by atoms with van der Waals surface area (Å²) in [5.74, 6) is 1.20. The summed E-state index contributed by atoms with van der Waals surface area (Å²) in [5, 5.41) is 0.870. The Morgan fingerprint density at radius 1 is 0.882 bits per heavy atom. The van der Waals surface area contributed by atoms with Gasteiger partial charge in [0.15, 0.2) is 11.5 Å². The zero-order chi connectivity index (χ0) is 23.7. The molecule has 0 amide bonds. The molecule has 0 atom stereocenters. The molecule has 0 saturated carbocycles. The Hall–Kier alpha value is -3.62. The SMILES string of the molecule is CCc1ccc2[nH]c(=O)c(CN(Cc3ccc4c(c3)OCO4)S(=O)(=O)c3ccccc3)cc2c1. The van der Waals surface area contributed by atoms with Crippen molar-refractivity contribution in [1.29, 1.82) is 0 Å². The van der Waals surface area contributed by atoms with Crippen LogP contribution in [0.4, 0.5) is 0 Å². The lowest BCUT2D eigenvalue weighted by Crippen LogP contribution is -2.32. The van der Waals surface area contributed by atoms with Crippen LogP contribution < -0.4 is 15.0 Å². The molecule has 0 radical (unpaired) electrons. The van der Waals surface area contributed by atoms with E-state index in [2.05, 4.69) is 11.9 Å². The van der Waals surface area contributed by atoms with Crippen molar-refractivity contribution in [2.45, 2.75) is 31.3 Å². The van der Waals surface area contributed by atoms with Crippen LogP contribution in [0.2, 0.25) is 0 Å². The molecule has 0 bridgehead atoms. The van der Waals surface area contributed by atoms with E-state index in [1.54, 1.807) is 54.6 Å². The first-order valence-electron chi connectivity index (χ1n) is 11.0. The number of fused-ring (bicyclic) bond motifs is 2. The number of H-pyrrole nitrogens is 1. The Labute approximate surface area is 197 Å². The van der Waals surface area contributed by atoms with E-state index < -0.39 is 10.0 Å². The lowest BCUT2D eigenvalue weighted by Gasteiger charge is -2.22. The predicted molar refractivity (Wildman–Crippen MR) is 129 cm³/mol. The van der Waals surface area contributed by atoms with Crippen molar-refractivity contribution in [1.82, 2.24) is 9.29 Å². The van der Waals surface area contributed by atoms with Crippen LogP contribution in [0.25, 0.3) is 10.9 Å². The number of rotatable bonds is 7. The molecule has 1 aliphatic heterocycles. The van der Waals surface area contributed by atoms with Gasteiger partial charge in [0.2, 0.25) is 16.8 Å². The zero-order valence-corrected chi connectivity index (χ0v) is 19.5. The third-order valence-corrected chi connectivity index (χ3v) is 7.72. The first-order chi connectivity index (χ1) is 16.4. The molecule has 174 valence electrons. The second-order valence-electron chi connectivity index (χ2n) is 8.17. The van der Waals surface area contributed by atoms with E-state index in [0.29, 0.717) is 17.1 Å². The van der Waals surface area contributed by atoms with Gasteiger partial charge in [0.25, 0.3) is 5.56 Å². The third kappa shape index (κ3) is 4.30. The molecule has 1 aliphatic rings. The molecule has 34 heavy (non-hydrogen) atoms. The maximum atomic E-state index is 13.6. The fourth-order valence-corrected chi connectivity index (χ4v) is 5.47. The molecule has 1 aromatic heterocycles. The second kappa shape index (κ2) is 8.96. The molecule has 0 aliphatic carbocycles. The number of sulfonamides is 1.